The van der Waals surface area contributed by atoms with Crippen molar-refractivity contribution in [2.24, 2.45) is 0 Å². The lowest BCUT2D eigenvalue weighted by molar-refractivity contribution is 0.0988. The molecular formula is C24H29N5O3S. The Balaban J connectivity index is 1.67. The standard InChI is InChI=1S/C24H29N5O3S/c1-28(2)8-9-29(24(32)27-20-5-3-4-17(10-20)14-30)13-18-6-7-22(26-12-18)23(31)11-19-15-33-16-21(19)25/h3-7,10,12,15-16,30H,8-9,11,13-14,25H2,1-2H3,(H,27,32). The zero-order valence-electron chi connectivity index (χ0n) is 18.8. The molecule has 0 aliphatic rings. The van der Waals surface area contributed by atoms with Crippen LogP contribution >= 0.6 is 11.3 Å². The monoisotopic (exact) mass is 467 g/mol. The van der Waals surface area contributed by atoms with Gasteiger partial charge in [-0.05, 0) is 54.4 Å². The first-order valence-electron chi connectivity index (χ1n) is 10.5. The van der Waals surface area contributed by atoms with Gasteiger partial charge in [0.15, 0.2) is 5.78 Å². The van der Waals surface area contributed by atoms with Crippen molar-refractivity contribution in [3.8, 4) is 0 Å². The second kappa shape index (κ2) is 11.6. The summed E-state index contributed by atoms with van der Waals surface area (Å²) in [6, 6.07) is 10.4. The first-order valence-corrected chi connectivity index (χ1v) is 11.5. The van der Waals surface area contributed by atoms with Crippen molar-refractivity contribution in [3.63, 3.8) is 0 Å². The second-order valence-electron chi connectivity index (χ2n) is 8.02. The van der Waals surface area contributed by atoms with E-state index in [1.807, 2.05) is 35.8 Å². The number of aromatic nitrogens is 1. The summed E-state index contributed by atoms with van der Waals surface area (Å²) in [7, 11) is 3.89. The Bertz CT molecular complexity index is 1080. The molecule has 0 radical (unpaired) electrons. The lowest BCUT2D eigenvalue weighted by Crippen LogP contribution is -2.39. The van der Waals surface area contributed by atoms with E-state index in [0.717, 1.165) is 16.7 Å². The Morgan fingerprint density at radius 2 is 1.94 bits per heavy atom. The molecule has 3 aromatic rings. The summed E-state index contributed by atoms with van der Waals surface area (Å²) in [5, 5.41) is 15.9. The van der Waals surface area contributed by atoms with Gasteiger partial charge < -0.3 is 26.0 Å². The predicted octanol–water partition coefficient (Wildman–Crippen LogP) is 3.24. The van der Waals surface area contributed by atoms with Gasteiger partial charge in [-0.3, -0.25) is 9.78 Å². The molecule has 0 saturated heterocycles. The number of rotatable bonds is 10. The number of thiophene rings is 1. The first-order chi connectivity index (χ1) is 15.9. The maximum Gasteiger partial charge on any atom is 0.322 e. The number of hydrogen-bond acceptors (Lipinski definition) is 7. The maximum absolute atomic E-state index is 13.0. The smallest absolute Gasteiger partial charge is 0.322 e. The van der Waals surface area contributed by atoms with E-state index in [1.165, 1.54) is 11.3 Å². The Kier molecular flexibility index (Phi) is 8.53. The average Bonchev–Trinajstić information content (AvgIpc) is 3.21. The van der Waals surface area contributed by atoms with E-state index in [-0.39, 0.29) is 24.8 Å². The van der Waals surface area contributed by atoms with Crippen molar-refractivity contribution < 1.29 is 14.7 Å². The maximum atomic E-state index is 13.0. The van der Waals surface area contributed by atoms with Crippen molar-refractivity contribution in [1.82, 2.24) is 14.8 Å². The highest BCUT2D eigenvalue weighted by molar-refractivity contribution is 7.08. The molecule has 2 heterocycles. The molecule has 3 rings (SSSR count). The van der Waals surface area contributed by atoms with Crippen LogP contribution in [0.3, 0.4) is 0 Å². The lowest BCUT2D eigenvalue weighted by Gasteiger charge is -2.25. The minimum absolute atomic E-state index is 0.0935. The molecule has 33 heavy (non-hydrogen) atoms. The van der Waals surface area contributed by atoms with Crippen LogP contribution in [0.25, 0.3) is 0 Å². The zero-order valence-corrected chi connectivity index (χ0v) is 19.6. The average molecular weight is 468 g/mol. The number of nitrogens with one attached hydrogen (secondary N) is 1. The molecule has 0 bridgehead atoms. The zero-order chi connectivity index (χ0) is 23.8. The van der Waals surface area contributed by atoms with Gasteiger partial charge in [-0.1, -0.05) is 18.2 Å². The van der Waals surface area contributed by atoms with Crippen molar-refractivity contribution in [2.75, 3.05) is 38.2 Å². The number of Topliss-reactive ketones (excluding diaryl/α,β-unsaturated/α-hetero) is 1. The van der Waals surface area contributed by atoms with Gasteiger partial charge in [0.1, 0.15) is 5.69 Å². The minimum atomic E-state index is -0.250. The second-order valence-corrected chi connectivity index (χ2v) is 8.76. The fourth-order valence-electron chi connectivity index (χ4n) is 3.17. The van der Waals surface area contributed by atoms with E-state index in [2.05, 4.69) is 10.3 Å². The van der Waals surface area contributed by atoms with Crippen LogP contribution in [0, 0.1) is 0 Å². The predicted molar refractivity (Wildman–Crippen MR) is 131 cm³/mol. The summed E-state index contributed by atoms with van der Waals surface area (Å²) in [6.07, 6.45) is 1.85. The molecule has 0 fully saturated rings. The van der Waals surface area contributed by atoms with Gasteiger partial charge in [-0.2, -0.15) is 0 Å². The Labute approximate surface area is 197 Å². The van der Waals surface area contributed by atoms with Crippen LogP contribution in [0.15, 0.2) is 53.4 Å². The molecule has 2 amide bonds. The number of nitrogen functional groups attached to an aromatic ring is 1. The number of aliphatic hydroxyl groups is 1. The number of amides is 2. The van der Waals surface area contributed by atoms with Crippen LogP contribution in [0.5, 0.6) is 0 Å². The number of ketones is 1. The third-order valence-corrected chi connectivity index (χ3v) is 5.89. The van der Waals surface area contributed by atoms with Gasteiger partial charge in [0.25, 0.3) is 0 Å². The lowest BCUT2D eigenvalue weighted by atomic mass is 10.1. The number of hydrogen-bond donors (Lipinski definition) is 3. The molecule has 174 valence electrons. The topological polar surface area (TPSA) is 112 Å². The molecule has 4 N–H and O–H groups in total. The number of anilines is 2. The molecule has 1 aromatic carbocycles. The summed E-state index contributed by atoms with van der Waals surface area (Å²) >= 11 is 1.47. The molecule has 0 saturated carbocycles. The number of carbonyl (C=O) groups is 2. The largest absolute Gasteiger partial charge is 0.398 e. The molecule has 0 spiro atoms. The van der Waals surface area contributed by atoms with Gasteiger partial charge >= 0.3 is 6.03 Å². The number of pyridine rings is 1. The summed E-state index contributed by atoms with van der Waals surface area (Å²) in [5.74, 6) is -0.0994. The van der Waals surface area contributed by atoms with Gasteiger partial charge in [-0.25, -0.2) is 4.79 Å². The third-order valence-electron chi connectivity index (χ3n) is 5.08. The number of urea groups is 1. The summed E-state index contributed by atoms with van der Waals surface area (Å²) in [5.41, 5.74) is 9.84. The molecule has 0 atom stereocenters. The van der Waals surface area contributed by atoms with Crippen LogP contribution in [0.2, 0.25) is 0 Å². The summed E-state index contributed by atoms with van der Waals surface area (Å²) < 4.78 is 0. The molecule has 9 heteroatoms. The minimum Gasteiger partial charge on any atom is -0.398 e. The Morgan fingerprint density at radius 1 is 1.12 bits per heavy atom. The van der Waals surface area contributed by atoms with Crippen LogP contribution in [0.1, 0.15) is 27.2 Å². The first kappa shape index (κ1) is 24.4. The van der Waals surface area contributed by atoms with Crippen molar-refractivity contribution >= 4 is 34.5 Å². The fourth-order valence-corrected chi connectivity index (χ4v) is 3.92. The number of likely N-dealkylation sites (N-methyl/N-ethyl adjacent to an activating group) is 1. The third kappa shape index (κ3) is 7.11. The molecule has 0 aliphatic carbocycles. The highest BCUT2D eigenvalue weighted by Gasteiger charge is 2.16. The van der Waals surface area contributed by atoms with E-state index < -0.39 is 0 Å². The molecule has 0 aliphatic heterocycles. The summed E-state index contributed by atoms with van der Waals surface area (Å²) in [6.45, 7) is 1.45. The highest BCUT2D eigenvalue weighted by atomic mass is 32.1. The number of nitrogens with zero attached hydrogens (tertiary/aromatic N) is 3. The SMILES string of the molecule is CN(C)CCN(Cc1ccc(C(=O)Cc2cscc2N)nc1)C(=O)Nc1cccc(CO)c1. The van der Waals surface area contributed by atoms with E-state index in [0.29, 0.717) is 36.7 Å². The van der Waals surface area contributed by atoms with Crippen LogP contribution in [-0.2, 0) is 19.6 Å². The van der Waals surface area contributed by atoms with E-state index in [1.54, 1.807) is 41.4 Å². The van der Waals surface area contributed by atoms with Gasteiger partial charge in [-0.15, -0.1) is 11.3 Å². The van der Waals surface area contributed by atoms with Crippen molar-refractivity contribution in [3.05, 3.63) is 75.7 Å². The quantitative estimate of drug-likeness (QED) is 0.395. The van der Waals surface area contributed by atoms with Crippen LogP contribution in [0.4, 0.5) is 16.2 Å². The number of carbonyl (C=O) groups excluding carboxylic acids is 2. The van der Waals surface area contributed by atoms with Gasteiger partial charge in [0.2, 0.25) is 0 Å². The summed E-state index contributed by atoms with van der Waals surface area (Å²) in [4.78, 5) is 33.5. The van der Waals surface area contributed by atoms with Gasteiger partial charge in [0, 0.05) is 49.0 Å². The van der Waals surface area contributed by atoms with E-state index in [4.69, 9.17) is 5.73 Å². The van der Waals surface area contributed by atoms with Crippen LogP contribution in [-0.4, -0.2) is 58.9 Å². The molecule has 0 unspecified atom stereocenters. The number of benzene rings is 1. The number of aliphatic hydroxyl groups excluding tert-OH is 1. The molecule has 8 nitrogen and oxygen atoms in total. The van der Waals surface area contributed by atoms with E-state index in [9.17, 15) is 14.7 Å². The van der Waals surface area contributed by atoms with Crippen LogP contribution < -0.4 is 11.1 Å². The van der Waals surface area contributed by atoms with E-state index >= 15 is 0 Å². The van der Waals surface area contributed by atoms with Crippen molar-refractivity contribution in [1.29, 1.82) is 0 Å². The molecule has 2 aromatic heterocycles. The van der Waals surface area contributed by atoms with Gasteiger partial charge in [0.05, 0.1) is 6.61 Å². The number of nitrogens with two attached hydrogens (primary N) is 1. The molecular weight excluding hydrogens is 438 g/mol. The Morgan fingerprint density at radius 3 is 2.58 bits per heavy atom. The Hall–Kier alpha value is -3.27. The normalized spacial score (nSPS) is 10.9. The fraction of sp³-hybridized carbons (Fsp3) is 0.292. The highest BCUT2D eigenvalue weighted by Crippen LogP contribution is 2.19. The van der Waals surface area contributed by atoms with Crippen molar-refractivity contribution in [2.45, 2.75) is 19.6 Å².